The fraction of sp³-hybridized carbons (Fsp3) is 0.0800. The Labute approximate surface area is 179 Å². The third-order valence-electron chi connectivity index (χ3n) is 5.50. The van der Waals surface area contributed by atoms with Gasteiger partial charge >= 0.3 is 0 Å². The highest BCUT2D eigenvalue weighted by atomic mass is 16.2. The van der Waals surface area contributed by atoms with E-state index in [1.54, 1.807) is 18.3 Å². The van der Waals surface area contributed by atoms with Gasteiger partial charge < -0.3 is 4.57 Å². The molecule has 0 bridgehead atoms. The molecule has 2 amide bonds. The predicted molar refractivity (Wildman–Crippen MR) is 120 cm³/mol. The van der Waals surface area contributed by atoms with Crippen LogP contribution in [0.25, 0.3) is 28.4 Å². The Kier molecular flexibility index (Phi) is 4.59. The van der Waals surface area contributed by atoms with Gasteiger partial charge in [0.2, 0.25) is 0 Å². The molecule has 0 atom stereocenters. The normalized spacial score (nSPS) is 13.2. The number of carbonyl (C=O) groups is 2. The number of rotatable bonds is 4. The van der Waals surface area contributed by atoms with Gasteiger partial charge in [-0.2, -0.15) is 0 Å². The lowest BCUT2D eigenvalue weighted by Gasteiger charge is -2.15. The molecule has 4 aromatic rings. The van der Waals surface area contributed by atoms with Crippen LogP contribution in [0.5, 0.6) is 0 Å². The van der Waals surface area contributed by atoms with Crippen molar-refractivity contribution in [1.29, 1.82) is 0 Å². The molecule has 0 saturated heterocycles. The Hall–Kier alpha value is -4.19. The number of nitrogens with zero attached hydrogens (tertiary/aromatic N) is 3. The summed E-state index contributed by atoms with van der Waals surface area (Å²) >= 11 is 0. The highest BCUT2D eigenvalue weighted by molar-refractivity contribution is 6.03. The second-order valence-corrected chi connectivity index (χ2v) is 7.42. The molecule has 6 heteroatoms. The Morgan fingerprint density at radius 1 is 1.03 bits per heavy atom. The number of hydrazine groups is 1. The Morgan fingerprint density at radius 2 is 1.81 bits per heavy atom. The molecule has 0 aliphatic carbocycles. The minimum absolute atomic E-state index is 0.198. The van der Waals surface area contributed by atoms with Gasteiger partial charge in [0.05, 0.1) is 12.2 Å². The third-order valence-corrected chi connectivity index (χ3v) is 5.50. The molecule has 1 N–H and O–H groups in total. The van der Waals surface area contributed by atoms with Crippen molar-refractivity contribution in [1.82, 2.24) is 20.0 Å². The van der Waals surface area contributed by atoms with Gasteiger partial charge in [-0.05, 0) is 35.4 Å². The van der Waals surface area contributed by atoms with E-state index in [-0.39, 0.29) is 11.8 Å². The molecule has 0 fully saturated rings. The molecule has 0 spiro atoms. The molecule has 3 heterocycles. The van der Waals surface area contributed by atoms with Crippen molar-refractivity contribution < 1.29 is 9.59 Å². The van der Waals surface area contributed by atoms with E-state index in [0.717, 1.165) is 33.4 Å². The quantitative estimate of drug-likeness (QED) is 0.520. The first kappa shape index (κ1) is 18.8. The molecule has 0 saturated carbocycles. The lowest BCUT2D eigenvalue weighted by Crippen LogP contribution is -2.41. The monoisotopic (exact) mass is 408 g/mol. The van der Waals surface area contributed by atoms with Crippen LogP contribution in [0, 0.1) is 0 Å². The summed E-state index contributed by atoms with van der Waals surface area (Å²) < 4.78 is 2.03. The van der Waals surface area contributed by atoms with E-state index in [1.807, 2.05) is 72.3 Å². The van der Waals surface area contributed by atoms with E-state index >= 15 is 0 Å². The minimum atomic E-state index is -0.360. The Bertz CT molecular complexity index is 1340. The highest BCUT2D eigenvalue weighted by Gasteiger charge is 2.27. The first-order valence-electron chi connectivity index (χ1n) is 10.0. The van der Waals surface area contributed by atoms with Crippen molar-refractivity contribution in [3.8, 4) is 11.3 Å². The number of hydrogen-bond donors (Lipinski definition) is 1. The van der Waals surface area contributed by atoms with E-state index in [2.05, 4.69) is 10.4 Å². The largest absolute Gasteiger partial charge is 0.328 e. The van der Waals surface area contributed by atoms with Crippen molar-refractivity contribution >= 4 is 28.9 Å². The first-order valence-corrected chi connectivity index (χ1v) is 10.0. The average Bonchev–Trinajstić information content (AvgIpc) is 3.27. The molecule has 1 aliphatic rings. The first-order chi connectivity index (χ1) is 15.1. The number of aryl methyl sites for hydroxylation is 1. The standard InChI is InChI=1S/C25H20N4O2/c1-28-23(17-8-3-2-4-9-17)20(21-12-7-15-26-24(21)28)13-14-22(30)27-29-16-18-10-5-6-11-19(18)25(29)31/h2-15H,16H2,1H3,(H,27,30)/b14-13+. The summed E-state index contributed by atoms with van der Waals surface area (Å²) in [5.41, 5.74) is 7.98. The SMILES string of the molecule is Cn1c(-c2ccccc2)c(/C=C/C(=O)NN2Cc3ccccc3C2=O)c2cccnc21. The van der Waals surface area contributed by atoms with Gasteiger partial charge in [-0.15, -0.1) is 0 Å². The van der Waals surface area contributed by atoms with Crippen molar-refractivity contribution in [2.24, 2.45) is 7.05 Å². The summed E-state index contributed by atoms with van der Waals surface area (Å²) in [4.78, 5) is 29.7. The van der Waals surface area contributed by atoms with Crippen LogP contribution in [-0.4, -0.2) is 26.4 Å². The molecule has 6 nitrogen and oxygen atoms in total. The van der Waals surface area contributed by atoms with Crippen LogP contribution in [0.3, 0.4) is 0 Å². The van der Waals surface area contributed by atoms with Crippen LogP contribution in [0.4, 0.5) is 0 Å². The number of pyridine rings is 1. The topological polar surface area (TPSA) is 67.2 Å². The van der Waals surface area contributed by atoms with Gasteiger partial charge in [0.1, 0.15) is 5.65 Å². The molecular weight excluding hydrogens is 388 g/mol. The molecule has 152 valence electrons. The number of hydrogen-bond acceptors (Lipinski definition) is 3. The number of carbonyl (C=O) groups excluding carboxylic acids is 2. The lowest BCUT2D eigenvalue weighted by atomic mass is 10.1. The summed E-state index contributed by atoms with van der Waals surface area (Å²) in [7, 11) is 1.97. The molecule has 0 unspecified atom stereocenters. The van der Waals surface area contributed by atoms with E-state index in [9.17, 15) is 9.59 Å². The fourth-order valence-electron chi connectivity index (χ4n) is 4.08. The summed E-state index contributed by atoms with van der Waals surface area (Å²) in [5, 5.41) is 2.30. The summed E-state index contributed by atoms with van der Waals surface area (Å²) in [6.45, 7) is 0.363. The van der Waals surface area contributed by atoms with Crippen LogP contribution in [0.1, 0.15) is 21.5 Å². The molecule has 2 aromatic heterocycles. The van der Waals surface area contributed by atoms with Crippen molar-refractivity contribution in [3.63, 3.8) is 0 Å². The number of amides is 2. The zero-order valence-corrected chi connectivity index (χ0v) is 16.9. The second kappa shape index (κ2) is 7.57. The summed E-state index contributed by atoms with van der Waals surface area (Å²) in [5.74, 6) is -0.558. The van der Waals surface area contributed by atoms with Crippen LogP contribution >= 0.6 is 0 Å². The van der Waals surface area contributed by atoms with E-state index in [1.165, 1.54) is 11.1 Å². The number of aromatic nitrogens is 2. The maximum absolute atomic E-state index is 12.6. The molecule has 31 heavy (non-hydrogen) atoms. The fourth-order valence-corrected chi connectivity index (χ4v) is 4.08. The third kappa shape index (κ3) is 3.28. The zero-order chi connectivity index (χ0) is 21.4. The van der Waals surface area contributed by atoms with Crippen LogP contribution in [0.2, 0.25) is 0 Å². The Balaban J connectivity index is 1.45. The minimum Gasteiger partial charge on any atom is -0.328 e. The molecule has 5 rings (SSSR count). The van der Waals surface area contributed by atoms with Gasteiger partial charge in [0, 0.05) is 35.8 Å². The highest BCUT2D eigenvalue weighted by Crippen LogP contribution is 2.33. The molecular formula is C25H20N4O2. The summed E-state index contributed by atoms with van der Waals surface area (Å²) in [6, 6.07) is 21.3. The maximum Gasteiger partial charge on any atom is 0.272 e. The lowest BCUT2D eigenvalue weighted by molar-refractivity contribution is -0.120. The van der Waals surface area contributed by atoms with Crippen LogP contribution < -0.4 is 5.43 Å². The number of nitrogens with one attached hydrogen (secondary N) is 1. The number of fused-ring (bicyclic) bond motifs is 2. The van der Waals surface area contributed by atoms with Crippen LogP contribution in [-0.2, 0) is 18.4 Å². The van der Waals surface area contributed by atoms with Gasteiger partial charge in [-0.3, -0.25) is 15.0 Å². The average molecular weight is 408 g/mol. The van der Waals surface area contributed by atoms with Crippen molar-refractivity contribution in [2.45, 2.75) is 6.54 Å². The second-order valence-electron chi connectivity index (χ2n) is 7.42. The predicted octanol–water partition coefficient (Wildman–Crippen LogP) is 3.94. The van der Waals surface area contributed by atoms with Gasteiger partial charge in [0.25, 0.3) is 11.8 Å². The summed E-state index contributed by atoms with van der Waals surface area (Å²) in [6.07, 6.45) is 5.01. The molecule has 1 aliphatic heterocycles. The van der Waals surface area contributed by atoms with E-state index < -0.39 is 0 Å². The van der Waals surface area contributed by atoms with Crippen molar-refractivity contribution in [3.05, 3.63) is 95.7 Å². The molecule has 0 radical (unpaired) electrons. The Morgan fingerprint density at radius 3 is 2.61 bits per heavy atom. The number of benzene rings is 2. The van der Waals surface area contributed by atoms with Crippen molar-refractivity contribution in [2.75, 3.05) is 0 Å². The maximum atomic E-state index is 12.6. The van der Waals surface area contributed by atoms with E-state index in [4.69, 9.17) is 0 Å². The van der Waals surface area contributed by atoms with Crippen LogP contribution in [0.15, 0.2) is 79.0 Å². The smallest absolute Gasteiger partial charge is 0.272 e. The van der Waals surface area contributed by atoms with Gasteiger partial charge in [0.15, 0.2) is 0 Å². The van der Waals surface area contributed by atoms with Gasteiger partial charge in [-0.1, -0.05) is 48.5 Å². The molecule has 2 aromatic carbocycles. The zero-order valence-electron chi connectivity index (χ0n) is 16.9. The van der Waals surface area contributed by atoms with Gasteiger partial charge in [-0.25, -0.2) is 9.99 Å². The van der Waals surface area contributed by atoms with E-state index in [0.29, 0.717) is 12.1 Å².